The van der Waals surface area contributed by atoms with E-state index in [1.54, 1.807) is 18.2 Å². The van der Waals surface area contributed by atoms with E-state index in [-0.39, 0.29) is 11.7 Å². The maximum atomic E-state index is 13.6. The fraction of sp³-hybridized carbons (Fsp3) is 0.389. The van der Waals surface area contributed by atoms with E-state index in [4.69, 9.17) is 0 Å². The second-order valence-electron chi connectivity index (χ2n) is 5.97. The van der Waals surface area contributed by atoms with Crippen molar-refractivity contribution in [2.24, 2.45) is 0 Å². The Morgan fingerprint density at radius 1 is 1.20 bits per heavy atom. The van der Waals surface area contributed by atoms with Gasteiger partial charge in [0.1, 0.15) is 23.7 Å². The molecular weight excluding hydrogens is 321 g/mol. The molecule has 0 saturated heterocycles. The van der Waals surface area contributed by atoms with E-state index >= 15 is 0 Å². The second-order valence-corrected chi connectivity index (χ2v) is 5.97. The van der Waals surface area contributed by atoms with Gasteiger partial charge in [-0.3, -0.25) is 4.79 Å². The number of amides is 1. The predicted octanol–water partition coefficient (Wildman–Crippen LogP) is 1.95. The SMILES string of the molecule is CN(C)CCCNC(=O)c1cc(NCCc2ccccc2F)ncn1. The average Bonchev–Trinajstić information content (AvgIpc) is 2.60. The van der Waals surface area contributed by atoms with Crippen LogP contribution in [0.15, 0.2) is 36.7 Å². The summed E-state index contributed by atoms with van der Waals surface area (Å²) in [6, 6.07) is 8.27. The first kappa shape index (κ1) is 18.8. The Morgan fingerprint density at radius 3 is 2.76 bits per heavy atom. The van der Waals surface area contributed by atoms with Gasteiger partial charge in [-0.15, -0.1) is 0 Å². The highest BCUT2D eigenvalue weighted by Crippen LogP contribution is 2.08. The van der Waals surface area contributed by atoms with Gasteiger partial charge in [0.2, 0.25) is 0 Å². The molecule has 0 aliphatic rings. The molecule has 1 aromatic carbocycles. The molecule has 7 heteroatoms. The third kappa shape index (κ3) is 6.46. The lowest BCUT2D eigenvalue weighted by Gasteiger charge is -2.10. The summed E-state index contributed by atoms with van der Waals surface area (Å²) in [6.45, 7) is 2.02. The van der Waals surface area contributed by atoms with Crippen LogP contribution in [-0.2, 0) is 6.42 Å². The van der Waals surface area contributed by atoms with Gasteiger partial charge in [0.15, 0.2) is 0 Å². The van der Waals surface area contributed by atoms with Gasteiger partial charge >= 0.3 is 0 Å². The molecule has 2 rings (SSSR count). The van der Waals surface area contributed by atoms with Crippen molar-refractivity contribution < 1.29 is 9.18 Å². The number of carbonyl (C=O) groups is 1. The second kappa shape index (κ2) is 9.68. The van der Waals surface area contributed by atoms with E-state index in [1.807, 2.05) is 20.2 Å². The number of anilines is 1. The van der Waals surface area contributed by atoms with E-state index in [0.29, 0.717) is 36.6 Å². The van der Waals surface area contributed by atoms with E-state index < -0.39 is 0 Å². The van der Waals surface area contributed by atoms with Crippen LogP contribution in [0, 0.1) is 5.82 Å². The van der Waals surface area contributed by atoms with Crippen molar-refractivity contribution in [2.75, 3.05) is 39.0 Å². The number of halogens is 1. The molecule has 0 aliphatic carbocycles. The predicted molar refractivity (Wildman–Crippen MR) is 96.1 cm³/mol. The number of hydrogen-bond acceptors (Lipinski definition) is 5. The quantitative estimate of drug-likeness (QED) is 0.680. The van der Waals surface area contributed by atoms with Gasteiger partial charge in [-0.1, -0.05) is 18.2 Å². The number of rotatable bonds is 9. The van der Waals surface area contributed by atoms with E-state index in [1.165, 1.54) is 12.4 Å². The standard InChI is InChI=1S/C18H24FN5O/c1-24(2)11-5-9-21-18(25)16-12-17(23-13-22-16)20-10-8-14-6-3-4-7-15(14)19/h3-4,6-7,12-13H,5,8-11H2,1-2H3,(H,21,25)(H,20,22,23). The van der Waals surface area contributed by atoms with Gasteiger partial charge in [0.25, 0.3) is 5.91 Å². The zero-order chi connectivity index (χ0) is 18.1. The maximum Gasteiger partial charge on any atom is 0.270 e. The summed E-state index contributed by atoms with van der Waals surface area (Å²) in [6.07, 6.45) is 2.75. The monoisotopic (exact) mass is 345 g/mol. The number of carbonyl (C=O) groups excluding carboxylic acids is 1. The van der Waals surface area contributed by atoms with Crippen LogP contribution in [0.25, 0.3) is 0 Å². The minimum atomic E-state index is -0.224. The van der Waals surface area contributed by atoms with Crippen molar-refractivity contribution in [3.63, 3.8) is 0 Å². The smallest absolute Gasteiger partial charge is 0.270 e. The van der Waals surface area contributed by atoms with Crippen LogP contribution in [0.3, 0.4) is 0 Å². The van der Waals surface area contributed by atoms with Crippen LogP contribution < -0.4 is 10.6 Å². The molecule has 1 heterocycles. The highest BCUT2D eigenvalue weighted by molar-refractivity contribution is 5.92. The summed E-state index contributed by atoms with van der Waals surface area (Å²) in [5.41, 5.74) is 0.955. The first-order valence-corrected chi connectivity index (χ1v) is 8.28. The number of nitrogens with zero attached hydrogens (tertiary/aromatic N) is 3. The van der Waals surface area contributed by atoms with Gasteiger partial charge in [-0.25, -0.2) is 14.4 Å². The Morgan fingerprint density at radius 2 is 2.00 bits per heavy atom. The lowest BCUT2D eigenvalue weighted by atomic mass is 10.1. The fourth-order valence-electron chi connectivity index (χ4n) is 2.29. The molecule has 2 N–H and O–H groups in total. The van der Waals surface area contributed by atoms with Crippen LogP contribution in [0.5, 0.6) is 0 Å². The molecule has 0 bridgehead atoms. The van der Waals surface area contributed by atoms with Gasteiger partial charge in [0.05, 0.1) is 0 Å². The molecule has 25 heavy (non-hydrogen) atoms. The molecule has 2 aromatic rings. The van der Waals surface area contributed by atoms with Crippen LogP contribution >= 0.6 is 0 Å². The zero-order valence-corrected chi connectivity index (χ0v) is 14.6. The van der Waals surface area contributed by atoms with Crippen LogP contribution in [0.1, 0.15) is 22.5 Å². The highest BCUT2D eigenvalue weighted by atomic mass is 19.1. The number of hydrogen-bond donors (Lipinski definition) is 2. The molecular formula is C18H24FN5O. The number of nitrogens with one attached hydrogen (secondary N) is 2. The molecule has 0 fully saturated rings. The third-order valence-corrected chi connectivity index (χ3v) is 3.63. The molecule has 0 radical (unpaired) electrons. The lowest BCUT2D eigenvalue weighted by molar-refractivity contribution is 0.0947. The summed E-state index contributed by atoms with van der Waals surface area (Å²) >= 11 is 0. The lowest BCUT2D eigenvalue weighted by Crippen LogP contribution is -2.28. The van der Waals surface area contributed by atoms with Crippen molar-refractivity contribution in [1.82, 2.24) is 20.2 Å². The van der Waals surface area contributed by atoms with Gasteiger partial charge in [0, 0.05) is 19.2 Å². The van der Waals surface area contributed by atoms with Crippen molar-refractivity contribution in [2.45, 2.75) is 12.8 Å². The molecule has 0 aliphatic heterocycles. The minimum absolute atomic E-state index is 0.218. The minimum Gasteiger partial charge on any atom is -0.370 e. The van der Waals surface area contributed by atoms with Crippen LogP contribution in [0.4, 0.5) is 10.2 Å². The van der Waals surface area contributed by atoms with Gasteiger partial charge in [-0.05, 0) is 45.1 Å². The van der Waals surface area contributed by atoms with Crippen molar-refractivity contribution in [3.8, 4) is 0 Å². The van der Waals surface area contributed by atoms with E-state index in [2.05, 4.69) is 25.5 Å². The first-order valence-electron chi connectivity index (χ1n) is 8.28. The summed E-state index contributed by atoms with van der Waals surface area (Å²) in [7, 11) is 3.98. The molecule has 0 spiro atoms. The van der Waals surface area contributed by atoms with E-state index in [9.17, 15) is 9.18 Å². The molecule has 0 saturated carbocycles. The Kier molecular flexibility index (Phi) is 7.28. The summed E-state index contributed by atoms with van der Waals surface area (Å²) < 4.78 is 13.6. The summed E-state index contributed by atoms with van der Waals surface area (Å²) in [5, 5.41) is 5.93. The molecule has 0 unspecified atom stereocenters. The van der Waals surface area contributed by atoms with Crippen molar-refractivity contribution >= 4 is 11.7 Å². The number of aromatic nitrogens is 2. The molecule has 6 nitrogen and oxygen atoms in total. The largest absolute Gasteiger partial charge is 0.370 e. The Bertz CT molecular complexity index is 693. The van der Waals surface area contributed by atoms with E-state index in [0.717, 1.165) is 13.0 Å². The first-order chi connectivity index (χ1) is 12.1. The van der Waals surface area contributed by atoms with Crippen molar-refractivity contribution in [1.29, 1.82) is 0 Å². The summed E-state index contributed by atoms with van der Waals surface area (Å²) in [5.74, 6) is 0.105. The zero-order valence-electron chi connectivity index (χ0n) is 14.6. The third-order valence-electron chi connectivity index (χ3n) is 3.63. The van der Waals surface area contributed by atoms with Crippen LogP contribution in [-0.4, -0.2) is 54.5 Å². The molecule has 1 amide bonds. The van der Waals surface area contributed by atoms with Gasteiger partial charge in [-0.2, -0.15) is 0 Å². The fourth-order valence-corrected chi connectivity index (χ4v) is 2.29. The Balaban J connectivity index is 1.82. The molecule has 1 aromatic heterocycles. The van der Waals surface area contributed by atoms with Gasteiger partial charge < -0.3 is 15.5 Å². The van der Waals surface area contributed by atoms with Crippen molar-refractivity contribution in [3.05, 3.63) is 53.7 Å². The summed E-state index contributed by atoms with van der Waals surface area (Å²) in [4.78, 5) is 22.2. The highest BCUT2D eigenvalue weighted by Gasteiger charge is 2.08. The maximum absolute atomic E-state index is 13.6. The molecule has 134 valence electrons. The number of benzene rings is 1. The average molecular weight is 345 g/mol. The van der Waals surface area contributed by atoms with Crippen LogP contribution in [0.2, 0.25) is 0 Å². The topological polar surface area (TPSA) is 70.2 Å². The Labute approximate surface area is 147 Å². The molecule has 0 atom stereocenters. The normalized spacial score (nSPS) is 10.7. The Hall–Kier alpha value is -2.54.